The number of carbonyl (C=O) groups is 2. The number of imide groups is 1. The van der Waals surface area contributed by atoms with Crippen molar-refractivity contribution >= 4 is 56.4 Å². The van der Waals surface area contributed by atoms with Crippen molar-refractivity contribution < 1.29 is 9.59 Å². The number of aromatic nitrogens is 3. The molecule has 0 bridgehead atoms. The summed E-state index contributed by atoms with van der Waals surface area (Å²) in [7, 11) is 2.17. The zero-order valence-corrected chi connectivity index (χ0v) is 22.5. The fourth-order valence-corrected chi connectivity index (χ4v) is 5.85. The van der Waals surface area contributed by atoms with E-state index in [2.05, 4.69) is 32.8 Å². The summed E-state index contributed by atoms with van der Waals surface area (Å²) in [4.78, 5) is 31.4. The molecular weight excluding hydrogens is 500 g/mol. The number of fused-ring (bicyclic) bond motifs is 2. The summed E-state index contributed by atoms with van der Waals surface area (Å²) >= 11 is 6.33. The van der Waals surface area contributed by atoms with Gasteiger partial charge in [0.1, 0.15) is 5.69 Å². The van der Waals surface area contributed by atoms with Crippen molar-refractivity contribution in [2.45, 2.75) is 26.4 Å². The summed E-state index contributed by atoms with van der Waals surface area (Å²) in [5.41, 5.74) is 3.82. The predicted octanol–water partition coefficient (Wildman–Crippen LogP) is 3.87. The first-order chi connectivity index (χ1) is 18.4. The normalized spacial score (nSPS) is 17.3. The Morgan fingerprint density at radius 1 is 0.921 bits per heavy atom. The Labute approximate surface area is 226 Å². The van der Waals surface area contributed by atoms with E-state index in [1.807, 2.05) is 54.2 Å². The highest BCUT2D eigenvalue weighted by atomic mass is 35.5. The number of carbonyl (C=O) groups excluding carboxylic acids is 2. The van der Waals surface area contributed by atoms with Crippen molar-refractivity contribution in [1.29, 1.82) is 0 Å². The highest BCUT2D eigenvalue weighted by Crippen LogP contribution is 2.38. The zero-order valence-electron chi connectivity index (χ0n) is 21.7. The second-order valence-corrected chi connectivity index (χ2v) is 10.5. The Hall–Kier alpha value is -3.46. The van der Waals surface area contributed by atoms with Gasteiger partial charge in [0, 0.05) is 72.3 Å². The smallest absolute Gasteiger partial charge is 0.261 e. The summed E-state index contributed by atoms with van der Waals surface area (Å²) in [5.74, 6) is -0.828. The Bertz CT molecular complexity index is 1590. The van der Waals surface area contributed by atoms with E-state index in [9.17, 15) is 9.59 Å². The van der Waals surface area contributed by atoms with Gasteiger partial charge in [-0.05, 0) is 51.2 Å². The predicted molar refractivity (Wildman–Crippen MR) is 151 cm³/mol. The van der Waals surface area contributed by atoms with Crippen LogP contribution in [0.5, 0.6) is 0 Å². The number of rotatable bonds is 7. The summed E-state index contributed by atoms with van der Waals surface area (Å²) in [6, 6.07) is 13.6. The lowest BCUT2D eigenvalue weighted by Crippen LogP contribution is -2.44. The van der Waals surface area contributed by atoms with Crippen molar-refractivity contribution in [3.05, 3.63) is 64.9 Å². The zero-order chi connectivity index (χ0) is 26.4. The molecule has 2 aromatic carbocycles. The molecule has 1 fully saturated rings. The molecule has 2 amide bonds. The topological polar surface area (TPSA) is 75.4 Å². The van der Waals surface area contributed by atoms with Crippen LogP contribution < -0.4 is 5.32 Å². The van der Waals surface area contributed by atoms with Gasteiger partial charge >= 0.3 is 0 Å². The standard InChI is InChI=1S/C29H31ClN6O2/c1-3-36-24-10-9-19(30)17-21(24)27(32-36)26-25(28(37)31-29(26)38)22-18-35(23-8-5-4-7-20(22)23)12-6-11-34-15-13-33(2)14-16-34/h4-5,7-10,17-18H,3,6,11-16H2,1-2H3,(H,31,37,38). The first-order valence-corrected chi connectivity index (χ1v) is 13.6. The quantitative estimate of drug-likeness (QED) is 0.367. The van der Waals surface area contributed by atoms with Crippen LogP contribution in [0.15, 0.2) is 48.7 Å². The molecule has 8 nitrogen and oxygen atoms in total. The first kappa shape index (κ1) is 24.9. The van der Waals surface area contributed by atoms with Crippen LogP contribution in [0.4, 0.5) is 0 Å². The number of halogens is 1. The summed E-state index contributed by atoms with van der Waals surface area (Å²) in [6.45, 7) is 8.87. The van der Waals surface area contributed by atoms with Crippen molar-refractivity contribution in [3.63, 3.8) is 0 Å². The lowest BCUT2D eigenvalue weighted by atomic mass is 9.97. The number of piperazine rings is 1. The molecular formula is C29H31ClN6O2. The molecule has 2 aliphatic rings. The van der Waals surface area contributed by atoms with E-state index in [1.165, 1.54) is 0 Å². The van der Waals surface area contributed by atoms with E-state index >= 15 is 0 Å². The molecule has 6 rings (SSSR count). The molecule has 0 spiro atoms. The molecule has 0 radical (unpaired) electrons. The van der Waals surface area contributed by atoms with E-state index in [1.54, 1.807) is 0 Å². The number of para-hydroxylation sites is 1. The minimum atomic E-state index is -0.431. The van der Waals surface area contributed by atoms with Crippen LogP contribution >= 0.6 is 11.6 Å². The maximum absolute atomic E-state index is 13.3. The van der Waals surface area contributed by atoms with Gasteiger partial charge in [0.05, 0.1) is 16.7 Å². The highest BCUT2D eigenvalue weighted by Gasteiger charge is 2.36. The first-order valence-electron chi connectivity index (χ1n) is 13.2. The van der Waals surface area contributed by atoms with Crippen LogP contribution in [0.3, 0.4) is 0 Å². The minimum Gasteiger partial charge on any atom is -0.347 e. The van der Waals surface area contributed by atoms with E-state index < -0.39 is 11.8 Å². The molecule has 2 aromatic heterocycles. The van der Waals surface area contributed by atoms with Crippen LogP contribution in [0.2, 0.25) is 5.02 Å². The largest absolute Gasteiger partial charge is 0.347 e. The molecule has 0 unspecified atom stereocenters. The molecule has 1 saturated heterocycles. The van der Waals surface area contributed by atoms with Gasteiger partial charge in [-0.25, -0.2) is 0 Å². The number of benzene rings is 2. The van der Waals surface area contributed by atoms with E-state index in [0.717, 1.165) is 73.1 Å². The molecule has 1 N–H and O–H groups in total. The minimum absolute atomic E-state index is 0.301. The fourth-order valence-electron chi connectivity index (χ4n) is 5.68. The number of aryl methyl sites for hydroxylation is 2. The number of amides is 2. The molecule has 0 saturated carbocycles. The molecule has 0 atom stereocenters. The van der Waals surface area contributed by atoms with Gasteiger partial charge in [-0.3, -0.25) is 19.6 Å². The molecule has 9 heteroatoms. The van der Waals surface area contributed by atoms with Gasteiger partial charge in [-0.2, -0.15) is 5.10 Å². The van der Waals surface area contributed by atoms with Crippen LogP contribution in [0, 0.1) is 0 Å². The fraction of sp³-hybridized carbons (Fsp3) is 0.345. The Morgan fingerprint density at radius 2 is 1.68 bits per heavy atom. The summed E-state index contributed by atoms with van der Waals surface area (Å²) in [5, 5.41) is 9.54. The number of hydrogen-bond donors (Lipinski definition) is 1. The van der Waals surface area contributed by atoms with Crippen molar-refractivity contribution in [2.75, 3.05) is 39.8 Å². The highest BCUT2D eigenvalue weighted by molar-refractivity contribution is 6.50. The van der Waals surface area contributed by atoms with E-state index in [-0.39, 0.29) is 0 Å². The number of nitrogens with one attached hydrogen (secondary N) is 1. The third-order valence-electron chi connectivity index (χ3n) is 7.71. The molecule has 38 heavy (non-hydrogen) atoms. The molecule has 2 aliphatic heterocycles. The average Bonchev–Trinajstić information content (AvgIpc) is 3.55. The van der Waals surface area contributed by atoms with Gasteiger partial charge < -0.3 is 14.4 Å². The molecule has 4 heterocycles. The Kier molecular flexibility index (Phi) is 6.55. The summed E-state index contributed by atoms with van der Waals surface area (Å²) < 4.78 is 4.05. The lowest BCUT2D eigenvalue weighted by molar-refractivity contribution is -0.122. The van der Waals surface area contributed by atoms with E-state index in [0.29, 0.717) is 28.4 Å². The van der Waals surface area contributed by atoms with Crippen LogP contribution in [-0.2, 0) is 22.7 Å². The summed E-state index contributed by atoms with van der Waals surface area (Å²) in [6.07, 6.45) is 3.02. The third kappa shape index (κ3) is 4.32. The van der Waals surface area contributed by atoms with Gasteiger partial charge in [0.15, 0.2) is 0 Å². The van der Waals surface area contributed by atoms with Gasteiger partial charge in [-0.15, -0.1) is 0 Å². The number of nitrogens with zero attached hydrogens (tertiary/aromatic N) is 5. The second kappa shape index (κ2) is 10.0. The Balaban J connectivity index is 1.42. The second-order valence-electron chi connectivity index (χ2n) is 10.1. The van der Waals surface area contributed by atoms with Gasteiger partial charge in [0.25, 0.3) is 11.8 Å². The third-order valence-corrected chi connectivity index (χ3v) is 7.94. The van der Waals surface area contributed by atoms with Crippen LogP contribution in [0.1, 0.15) is 24.6 Å². The van der Waals surface area contributed by atoms with Crippen molar-refractivity contribution in [3.8, 4) is 0 Å². The van der Waals surface area contributed by atoms with E-state index in [4.69, 9.17) is 16.7 Å². The molecule has 4 aromatic rings. The SMILES string of the molecule is CCn1nc(C2=C(c3cn(CCCN4CCN(C)CC4)c4ccccc34)C(=O)NC2=O)c2cc(Cl)ccc21. The average molecular weight is 531 g/mol. The molecule has 0 aliphatic carbocycles. The van der Waals surface area contributed by atoms with Gasteiger partial charge in [0.2, 0.25) is 0 Å². The Morgan fingerprint density at radius 3 is 2.47 bits per heavy atom. The number of likely N-dealkylation sites (N-methyl/N-ethyl adjacent to an activating group) is 1. The molecule has 196 valence electrons. The monoisotopic (exact) mass is 530 g/mol. The van der Waals surface area contributed by atoms with Crippen molar-refractivity contribution in [2.24, 2.45) is 0 Å². The maximum Gasteiger partial charge on any atom is 0.261 e. The van der Waals surface area contributed by atoms with Crippen LogP contribution in [0.25, 0.3) is 33.0 Å². The van der Waals surface area contributed by atoms with Gasteiger partial charge in [-0.1, -0.05) is 29.8 Å². The lowest BCUT2D eigenvalue weighted by Gasteiger charge is -2.32. The van der Waals surface area contributed by atoms with Crippen LogP contribution in [-0.4, -0.2) is 75.7 Å². The number of hydrogen-bond acceptors (Lipinski definition) is 5. The maximum atomic E-state index is 13.3. The van der Waals surface area contributed by atoms with Crippen molar-refractivity contribution in [1.82, 2.24) is 29.5 Å².